The van der Waals surface area contributed by atoms with Crippen molar-refractivity contribution in [1.29, 1.82) is 0 Å². The molecule has 5 heterocycles. The first-order chi connectivity index (χ1) is 47.1. The quantitative estimate of drug-likeness (QED) is 0.143. The minimum Gasteiger partial charge on any atom is -0.457 e. The number of para-hydroxylation sites is 5. The fourth-order valence-electron chi connectivity index (χ4n) is 15.4. The molecule has 1 aliphatic carbocycles. The van der Waals surface area contributed by atoms with E-state index in [2.05, 4.69) is 318 Å². The first kappa shape index (κ1) is 53.4. The number of rotatable bonds is 9. The van der Waals surface area contributed by atoms with Crippen LogP contribution < -0.4 is 19.3 Å². The Morgan fingerprint density at radius 1 is 0.337 bits per heavy atom. The summed E-state index contributed by atoms with van der Waals surface area (Å²) in [6, 6.07) is 113. The number of ether oxygens (including phenoxy) is 2. The summed E-state index contributed by atoms with van der Waals surface area (Å²) in [5.74, 6) is 3.22. The molecule has 0 atom stereocenters. The van der Waals surface area contributed by atoms with Gasteiger partial charge in [-0.2, -0.15) is 0 Å². The minimum atomic E-state index is -0.885. The van der Waals surface area contributed by atoms with Gasteiger partial charge in [0.1, 0.15) is 45.3 Å². The van der Waals surface area contributed by atoms with Gasteiger partial charge in [0.2, 0.25) is 0 Å². The molecule has 0 N–H and O–H groups in total. The Morgan fingerprint density at radius 2 is 0.926 bits per heavy atom. The summed E-state index contributed by atoms with van der Waals surface area (Å²) in [7, 11) is 0. The molecular weight excluding hydrogens is 1180 g/mol. The Bertz CT molecular complexity index is 5940. The topological polar surface area (TPSA) is 56.2 Å². The molecule has 0 saturated heterocycles. The summed E-state index contributed by atoms with van der Waals surface area (Å²) >= 11 is 1.73. The van der Waals surface area contributed by atoms with E-state index in [-0.39, 0.29) is 0 Å². The van der Waals surface area contributed by atoms with Crippen molar-refractivity contribution in [3.63, 3.8) is 0 Å². The smallest absolute Gasteiger partial charge is 0.145 e. The molecule has 14 aromatic carbocycles. The van der Waals surface area contributed by atoms with Crippen molar-refractivity contribution in [2.45, 2.75) is 15.2 Å². The van der Waals surface area contributed by atoms with Crippen molar-refractivity contribution in [3.05, 3.63) is 344 Å². The lowest BCUT2D eigenvalue weighted by molar-refractivity contribution is 0.436. The predicted molar refractivity (Wildman–Crippen MR) is 386 cm³/mol. The van der Waals surface area contributed by atoms with Crippen LogP contribution in [0.3, 0.4) is 0 Å². The fourth-order valence-corrected chi connectivity index (χ4v) is 16.5. The van der Waals surface area contributed by atoms with Crippen LogP contribution >= 0.6 is 11.8 Å². The average Bonchev–Trinajstić information content (AvgIpc) is 1.57. The third kappa shape index (κ3) is 8.08. The standard InChI is InChI=1S/C87H53N3O4S/c1-4-21-54(22-5-1)62-43-44-74(83-67-30-13-17-35-77(67)94-85(62)83)90(57-25-8-3-9-26-57)59-42-46-79-73(52-59)87(70-32-14-10-27-63(70)64-28-11-15-33-71(64)87)72-51-58(41-45-78(72)91-79)89(60-40-39-55-47-48-88(75(55)53-60)56-23-6-2-7-24-56)61-49-68-65-29-12-16-34-76(65)93-84(68)69(50-61)66-31-20-37-81-86(66)95-82-38-19-18-36-80(82)92-81/h1-53H. The van der Waals surface area contributed by atoms with E-state index < -0.39 is 5.41 Å². The molecule has 2 aliphatic heterocycles. The summed E-state index contributed by atoms with van der Waals surface area (Å²) in [5, 5.41) is 5.24. The van der Waals surface area contributed by atoms with Gasteiger partial charge in [-0.15, -0.1) is 0 Å². The predicted octanol–water partition coefficient (Wildman–Crippen LogP) is 24.4. The van der Waals surface area contributed by atoms with Crippen molar-refractivity contribution < 1.29 is 18.3 Å². The maximum Gasteiger partial charge on any atom is 0.145 e. The molecule has 17 aromatic rings. The molecule has 0 fully saturated rings. The molecule has 8 heteroatoms. The lowest BCUT2D eigenvalue weighted by atomic mass is 9.66. The highest BCUT2D eigenvalue weighted by Gasteiger charge is 2.52. The lowest BCUT2D eigenvalue weighted by Gasteiger charge is -2.41. The summed E-state index contributed by atoms with van der Waals surface area (Å²) in [4.78, 5) is 6.92. The Labute approximate surface area is 551 Å². The van der Waals surface area contributed by atoms with E-state index in [1.807, 2.05) is 18.2 Å². The summed E-state index contributed by atoms with van der Waals surface area (Å²) < 4.78 is 30.4. The van der Waals surface area contributed by atoms with Gasteiger partial charge in [-0.25, -0.2) is 0 Å². The molecule has 20 rings (SSSR count). The van der Waals surface area contributed by atoms with Crippen LogP contribution in [0.4, 0.5) is 34.1 Å². The zero-order valence-electron chi connectivity index (χ0n) is 51.0. The molecule has 3 aromatic heterocycles. The van der Waals surface area contributed by atoms with Crippen molar-refractivity contribution in [2.24, 2.45) is 0 Å². The molecule has 446 valence electrons. The first-order valence-corrected chi connectivity index (χ1v) is 32.9. The number of furan rings is 2. The zero-order valence-corrected chi connectivity index (χ0v) is 51.8. The van der Waals surface area contributed by atoms with Crippen molar-refractivity contribution in [3.8, 4) is 62.1 Å². The highest BCUT2D eigenvalue weighted by atomic mass is 32.2. The Kier molecular flexibility index (Phi) is 11.8. The van der Waals surface area contributed by atoms with Gasteiger partial charge in [-0.3, -0.25) is 0 Å². The highest BCUT2D eigenvalue weighted by molar-refractivity contribution is 7.99. The Hall–Kier alpha value is -12.2. The maximum absolute atomic E-state index is 7.45. The summed E-state index contributed by atoms with van der Waals surface area (Å²) in [5.41, 5.74) is 21.3. The van der Waals surface area contributed by atoms with Crippen LogP contribution in [0.15, 0.2) is 340 Å². The monoisotopic (exact) mass is 1240 g/mol. The van der Waals surface area contributed by atoms with E-state index in [9.17, 15) is 0 Å². The van der Waals surface area contributed by atoms with Crippen molar-refractivity contribution in [1.82, 2.24) is 4.57 Å². The second-order valence-electron chi connectivity index (χ2n) is 24.6. The van der Waals surface area contributed by atoms with Crippen LogP contribution in [-0.4, -0.2) is 4.57 Å². The van der Waals surface area contributed by atoms with Crippen molar-refractivity contribution in [2.75, 3.05) is 9.80 Å². The third-order valence-corrected chi connectivity index (χ3v) is 20.7. The molecule has 0 amide bonds. The molecule has 0 bridgehead atoms. The summed E-state index contributed by atoms with van der Waals surface area (Å²) in [6.07, 6.45) is 2.17. The maximum atomic E-state index is 7.45. The highest BCUT2D eigenvalue weighted by Crippen LogP contribution is 2.64. The van der Waals surface area contributed by atoms with Gasteiger partial charge < -0.3 is 32.7 Å². The second kappa shape index (κ2) is 20.9. The van der Waals surface area contributed by atoms with Gasteiger partial charge in [-0.1, -0.05) is 194 Å². The number of benzene rings is 14. The molecule has 3 aliphatic rings. The van der Waals surface area contributed by atoms with Gasteiger partial charge in [0.15, 0.2) is 0 Å². The molecule has 95 heavy (non-hydrogen) atoms. The lowest BCUT2D eigenvalue weighted by Crippen LogP contribution is -2.32. The number of nitrogens with zero attached hydrogens (tertiary/aromatic N) is 3. The Morgan fingerprint density at radius 3 is 1.69 bits per heavy atom. The van der Waals surface area contributed by atoms with Crippen molar-refractivity contribution >= 4 is 101 Å². The molecule has 0 saturated carbocycles. The molecule has 0 radical (unpaired) electrons. The molecule has 7 nitrogen and oxygen atoms in total. The van der Waals surface area contributed by atoms with Crippen LogP contribution in [0.25, 0.3) is 93.8 Å². The van der Waals surface area contributed by atoms with E-state index in [4.69, 9.17) is 18.3 Å². The first-order valence-electron chi connectivity index (χ1n) is 32.1. The number of fused-ring (bicyclic) bond motifs is 18. The molecular formula is C87H53N3O4S. The fraction of sp³-hybridized carbons (Fsp3) is 0.0115. The van der Waals surface area contributed by atoms with Gasteiger partial charge >= 0.3 is 0 Å². The largest absolute Gasteiger partial charge is 0.457 e. The van der Waals surface area contributed by atoms with E-state index in [0.717, 1.165) is 161 Å². The number of anilines is 6. The zero-order chi connectivity index (χ0) is 62.3. The van der Waals surface area contributed by atoms with Crippen LogP contribution in [0.2, 0.25) is 0 Å². The molecule has 0 unspecified atom stereocenters. The van der Waals surface area contributed by atoms with Crippen LogP contribution in [-0.2, 0) is 5.41 Å². The van der Waals surface area contributed by atoms with Gasteiger partial charge in [0.05, 0.1) is 31.8 Å². The summed E-state index contributed by atoms with van der Waals surface area (Å²) in [6.45, 7) is 0. The van der Waals surface area contributed by atoms with Crippen LogP contribution in [0.5, 0.6) is 23.0 Å². The average molecular weight is 1240 g/mol. The van der Waals surface area contributed by atoms with Gasteiger partial charge in [-0.05, 0) is 161 Å². The van der Waals surface area contributed by atoms with Gasteiger partial charge in [0.25, 0.3) is 0 Å². The second-order valence-corrected chi connectivity index (χ2v) is 25.7. The van der Waals surface area contributed by atoms with E-state index in [1.165, 1.54) is 22.3 Å². The van der Waals surface area contributed by atoms with E-state index in [0.29, 0.717) is 0 Å². The minimum absolute atomic E-state index is 0.780. The van der Waals surface area contributed by atoms with Crippen LogP contribution in [0, 0.1) is 0 Å². The Balaban J connectivity index is 0.844. The molecule has 1 spiro atoms. The number of hydrogen-bond donors (Lipinski definition) is 0. The third-order valence-electron chi connectivity index (χ3n) is 19.5. The number of aromatic nitrogens is 1. The number of hydrogen-bond acceptors (Lipinski definition) is 7. The SMILES string of the molecule is c1ccc(-c2ccc(N(c3ccccc3)c3ccc4c(c3)C3(c5cc(N(c6cc(-c7cccc8c7Sc7ccccc7O8)c7oc8ccccc8c7c6)c6ccc7ccn(-c8ccccc8)c7c6)ccc5O4)c4ccccc4-c4ccccc43)c3c2oc2ccccc23)cc1. The van der Waals surface area contributed by atoms with E-state index >= 15 is 0 Å². The van der Waals surface area contributed by atoms with E-state index in [1.54, 1.807) is 11.8 Å². The normalized spacial score (nSPS) is 13.1. The van der Waals surface area contributed by atoms with Crippen LogP contribution in [0.1, 0.15) is 22.3 Å². The van der Waals surface area contributed by atoms with Gasteiger partial charge in [0, 0.05) is 89.7 Å².